The average molecular weight is 387 g/mol. The Hall–Kier alpha value is -2.27. The van der Waals surface area contributed by atoms with Crippen molar-refractivity contribution in [2.75, 3.05) is 38.3 Å². The Morgan fingerprint density at radius 2 is 1.89 bits per heavy atom. The fourth-order valence-corrected chi connectivity index (χ4v) is 3.61. The summed E-state index contributed by atoms with van der Waals surface area (Å²) in [7, 11) is 1.66. The number of halogens is 1. The number of hydrogen-bond acceptors (Lipinski definition) is 4. The van der Waals surface area contributed by atoms with Crippen LogP contribution in [0.15, 0.2) is 42.5 Å². The number of anilines is 1. The maximum absolute atomic E-state index is 14.5. The fourth-order valence-electron chi connectivity index (χ4n) is 3.61. The largest absolute Gasteiger partial charge is 0.497 e. The van der Waals surface area contributed by atoms with Gasteiger partial charge in [0.15, 0.2) is 11.6 Å². The number of benzene rings is 2. The lowest BCUT2D eigenvalue weighted by Gasteiger charge is -2.29. The Morgan fingerprint density at radius 3 is 2.57 bits per heavy atom. The van der Waals surface area contributed by atoms with E-state index >= 15 is 0 Å². The van der Waals surface area contributed by atoms with E-state index < -0.39 is 0 Å². The minimum atomic E-state index is -0.298. The summed E-state index contributed by atoms with van der Waals surface area (Å²) in [5, 5.41) is 0. The van der Waals surface area contributed by atoms with Crippen LogP contribution in [0, 0.1) is 5.82 Å². The lowest BCUT2D eigenvalue weighted by molar-refractivity contribution is 0.231. The Morgan fingerprint density at radius 1 is 1.11 bits per heavy atom. The molecule has 0 aromatic heterocycles. The topological polar surface area (TPSA) is 24.9 Å². The van der Waals surface area contributed by atoms with Crippen LogP contribution < -0.4 is 14.4 Å². The molecule has 1 fully saturated rings. The van der Waals surface area contributed by atoms with Gasteiger partial charge in [-0.05, 0) is 69.6 Å². The van der Waals surface area contributed by atoms with Gasteiger partial charge in [-0.25, -0.2) is 4.39 Å². The maximum Gasteiger partial charge on any atom is 0.165 e. The average Bonchev–Trinajstić information content (AvgIpc) is 3.21. The molecule has 0 N–H and O–H groups in total. The summed E-state index contributed by atoms with van der Waals surface area (Å²) in [5.41, 5.74) is 1.97. The Bertz CT molecular complexity index is 760. The maximum atomic E-state index is 14.5. The molecule has 28 heavy (non-hydrogen) atoms. The predicted molar refractivity (Wildman–Crippen MR) is 112 cm³/mol. The normalized spacial score (nSPS) is 14.5. The van der Waals surface area contributed by atoms with Crippen LogP contribution in [0.3, 0.4) is 0 Å². The van der Waals surface area contributed by atoms with E-state index in [1.807, 2.05) is 24.3 Å². The first-order valence-corrected chi connectivity index (χ1v) is 10.1. The third kappa shape index (κ3) is 5.38. The van der Waals surface area contributed by atoms with E-state index in [9.17, 15) is 4.39 Å². The van der Waals surface area contributed by atoms with Gasteiger partial charge in [0, 0.05) is 30.9 Å². The lowest BCUT2D eigenvalue weighted by atomic mass is 10.1. The van der Waals surface area contributed by atoms with Gasteiger partial charge in [-0.15, -0.1) is 0 Å². The Kier molecular flexibility index (Phi) is 7.15. The molecule has 0 amide bonds. The second-order valence-corrected chi connectivity index (χ2v) is 7.59. The van der Waals surface area contributed by atoms with E-state index in [2.05, 4.69) is 29.7 Å². The van der Waals surface area contributed by atoms with Crippen LogP contribution in [0.5, 0.6) is 11.5 Å². The molecule has 0 spiro atoms. The molecule has 2 aromatic carbocycles. The van der Waals surface area contributed by atoms with Gasteiger partial charge in [0.25, 0.3) is 0 Å². The van der Waals surface area contributed by atoms with Crippen molar-refractivity contribution in [3.63, 3.8) is 0 Å². The summed E-state index contributed by atoms with van der Waals surface area (Å²) in [6, 6.07) is 13.5. The summed E-state index contributed by atoms with van der Waals surface area (Å²) in [6.07, 6.45) is 2.51. The van der Waals surface area contributed by atoms with Crippen molar-refractivity contribution >= 4 is 5.69 Å². The van der Waals surface area contributed by atoms with Crippen molar-refractivity contribution in [1.29, 1.82) is 0 Å². The van der Waals surface area contributed by atoms with Gasteiger partial charge in [-0.2, -0.15) is 0 Å². The molecule has 152 valence electrons. The van der Waals surface area contributed by atoms with Gasteiger partial charge in [0.1, 0.15) is 12.4 Å². The zero-order chi connectivity index (χ0) is 19.9. The van der Waals surface area contributed by atoms with Crippen LogP contribution in [0.25, 0.3) is 0 Å². The molecule has 0 aliphatic carbocycles. The predicted octanol–water partition coefficient (Wildman–Crippen LogP) is 4.72. The number of ether oxygens (including phenoxy) is 2. The van der Waals surface area contributed by atoms with Gasteiger partial charge in [0.2, 0.25) is 0 Å². The Labute approximate surface area is 167 Å². The first-order chi connectivity index (χ1) is 13.6. The molecule has 1 saturated heterocycles. The number of methoxy groups -OCH3 is 1. The minimum Gasteiger partial charge on any atom is -0.497 e. The van der Waals surface area contributed by atoms with Crippen molar-refractivity contribution in [2.24, 2.45) is 0 Å². The molecular weight excluding hydrogens is 355 g/mol. The van der Waals surface area contributed by atoms with E-state index in [1.54, 1.807) is 19.2 Å². The molecule has 4 nitrogen and oxygen atoms in total. The van der Waals surface area contributed by atoms with Crippen molar-refractivity contribution < 1.29 is 13.9 Å². The zero-order valence-corrected chi connectivity index (χ0v) is 17.2. The van der Waals surface area contributed by atoms with Crippen LogP contribution in [0.2, 0.25) is 0 Å². The van der Waals surface area contributed by atoms with Gasteiger partial charge in [-0.3, -0.25) is 4.90 Å². The summed E-state index contributed by atoms with van der Waals surface area (Å²) in [5.74, 6) is 0.852. The van der Waals surface area contributed by atoms with Crippen LogP contribution in [0.1, 0.15) is 32.3 Å². The molecule has 1 aliphatic rings. The molecule has 0 atom stereocenters. The first kappa shape index (κ1) is 20.5. The highest BCUT2D eigenvalue weighted by molar-refractivity contribution is 5.52. The van der Waals surface area contributed by atoms with Gasteiger partial charge in [-0.1, -0.05) is 12.1 Å². The number of rotatable bonds is 9. The highest BCUT2D eigenvalue weighted by Gasteiger charge is 2.15. The Balaban J connectivity index is 1.64. The number of hydrogen-bond donors (Lipinski definition) is 0. The summed E-state index contributed by atoms with van der Waals surface area (Å²) in [4.78, 5) is 4.59. The van der Waals surface area contributed by atoms with E-state index in [1.165, 1.54) is 12.8 Å². The molecule has 0 unspecified atom stereocenters. The van der Waals surface area contributed by atoms with Crippen molar-refractivity contribution in [1.82, 2.24) is 4.90 Å². The summed E-state index contributed by atoms with van der Waals surface area (Å²) < 4.78 is 25.6. The molecule has 5 heteroatoms. The number of nitrogens with zero attached hydrogens (tertiary/aromatic N) is 2. The molecule has 1 aliphatic heterocycles. The highest BCUT2D eigenvalue weighted by atomic mass is 19.1. The second kappa shape index (κ2) is 9.78. The van der Waals surface area contributed by atoms with Gasteiger partial charge < -0.3 is 14.4 Å². The first-order valence-electron chi connectivity index (χ1n) is 10.1. The molecule has 0 radical (unpaired) electrons. The quantitative estimate of drug-likeness (QED) is 0.622. The summed E-state index contributed by atoms with van der Waals surface area (Å²) in [6.45, 7) is 8.52. The smallest absolute Gasteiger partial charge is 0.165 e. The fraction of sp³-hybridized carbons (Fsp3) is 0.478. The zero-order valence-electron chi connectivity index (χ0n) is 17.2. The van der Waals surface area contributed by atoms with E-state index in [4.69, 9.17) is 9.47 Å². The van der Waals surface area contributed by atoms with Crippen molar-refractivity contribution in [3.8, 4) is 11.5 Å². The van der Waals surface area contributed by atoms with Crippen LogP contribution in [-0.4, -0.2) is 44.3 Å². The number of likely N-dealkylation sites (tertiary alicyclic amines) is 1. The molecular formula is C23H31FN2O2. The van der Waals surface area contributed by atoms with E-state index in [0.717, 1.165) is 36.6 Å². The SMILES string of the molecule is COc1cccc(N(Cc2ccc(OCCN3CCCC3)c(F)c2)C(C)C)c1. The third-order valence-electron chi connectivity index (χ3n) is 5.22. The molecule has 0 saturated carbocycles. The minimum absolute atomic E-state index is 0.270. The lowest BCUT2D eigenvalue weighted by Crippen LogP contribution is -2.30. The molecule has 3 rings (SSSR count). The molecule has 2 aromatic rings. The monoisotopic (exact) mass is 386 g/mol. The van der Waals surface area contributed by atoms with E-state index in [-0.39, 0.29) is 11.9 Å². The van der Waals surface area contributed by atoms with Crippen LogP contribution >= 0.6 is 0 Å². The molecule has 0 bridgehead atoms. The van der Waals surface area contributed by atoms with Crippen LogP contribution in [-0.2, 0) is 6.54 Å². The van der Waals surface area contributed by atoms with Gasteiger partial charge in [0.05, 0.1) is 7.11 Å². The standard InChI is InChI=1S/C23H31FN2O2/c1-18(2)26(20-7-6-8-21(16-20)27-3)17-19-9-10-23(22(24)15-19)28-14-13-25-11-4-5-12-25/h6-10,15-16,18H,4-5,11-14,17H2,1-3H3. The highest BCUT2D eigenvalue weighted by Crippen LogP contribution is 2.26. The molecule has 1 heterocycles. The van der Waals surface area contributed by atoms with E-state index in [0.29, 0.717) is 18.9 Å². The third-order valence-corrected chi connectivity index (χ3v) is 5.22. The summed E-state index contributed by atoms with van der Waals surface area (Å²) >= 11 is 0. The second-order valence-electron chi connectivity index (χ2n) is 7.59. The van der Waals surface area contributed by atoms with Gasteiger partial charge >= 0.3 is 0 Å². The van der Waals surface area contributed by atoms with Crippen LogP contribution in [0.4, 0.5) is 10.1 Å². The van der Waals surface area contributed by atoms with Crippen molar-refractivity contribution in [2.45, 2.75) is 39.3 Å². The van der Waals surface area contributed by atoms with Crippen molar-refractivity contribution in [3.05, 3.63) is 53.8 Å².